The number of hydrogen-bond acceptors (Lipinski definition) is 4. The SMILES string of the molecule is CCC(C)(C)C(=O)OC1CC(C(C)(O)C(F)(F)F)CC(C(C)(O)C(F)(F)F)C1. The number of alkyl halides is 6. The van der Waals surface area contributed by atoms with Crippen LogP contribution >= 0.6 is 0 Å². The summed E-state index contributed by atoms with van der Waals surface area (Å²) in [6.07, 6.45) is -12.8. The summed E-state index contributed by atoms with van der Waals surface area (Å²) in [6, 6.07) is 0. The Bertz CT molecular complexity index is 531. The summed E-state index contributed by atoms with van der Waals surface area (Å²) in [7, 11) is 0. The topological polar surface area (TPSA) is 66.8 Å². The fraction of sp³-hybridized carbons (Fsp3) is 0.944. The predicted octanol–water partition coefficient (Wildman–Crippen LogP) is 4.38. The summed E-state index contributed by atoms with van der Waals surface area (Å²) >= 11 is 0. The fourth-order valence-electron chi connectivity index (χ4n) is 3.20. The molecule has 0 bridgehead atoms. The van der Waals surface area contributed by atoms with Crippen molar-refractivity contribution in [1.29, 1.82) is 0 Å². The molecule has 0 heterocycles. The summed E-state index contributed by atoms with van der Waals surface area (Å²) in [4.78, 5) is 12.3. The minimum atomic E-state index is -5.10. The molecule has 0 aliphatic heterocycles. The Balaban J connectivity index is 3.23. The fourth-order valence-corrected chi connectivity index (χ4v) is 3.20. The Kier molecular flexibility index (Phi) is 6.84. The van der Waals surface area contributed by atoms with Crippen LogP contribution in [0.3, 0.4) is 0 Å². The van der Waals surface area contributed by atoms with E-state index in [2.05, 4.69) is 0 Å². The minimum absolute atomic E-state index is 0.353. The number of carbonyl (C=O) groups is 1. The maximum Gasteiger partial charge on any atom is 0.417 e. The van der Waals surface area contributed by atoms with Crippen molar-refractivity contribution >= 4 is 5.97 Å². The lowest BCUT2D eigenvalue weighted by Crippen LogP contribution is -2.57. The van der Waals surface area contributed by atoms with Crippen molar-refractivity contribution in [2.45, 2.75) is 90.0 Å². The van der Waals surface area contributed by atoms with Crippen LogP contribution in [0, 0.1) is 17.3 Å². The van der Waals surface area contributed by atoms with Crippen LogP contribution in [0.15, 0.2) is 0 Å². The number of ether oxygens (including phenoxy) is 1. The molecule has 166 valence electrons. The van der Waals surface area contributed by atoms with Crippen LogP contribution in [0.25, 0.3) is 0 Å². The quantitative estimate of drug-likeness (QED) is 0.510. The molecule has 0 amide bonds. The lowest BCUT2D eigenvalue weighted by atomic mass is 9.67. The molecular weight excluding hydrogens is 394 g/mol. The largest absolute Gasteiger partial charge is 0.462 e. The first-order valence-corrected chi connectivity index (χ1v) is 9.06. The maximum atomic E-state index is 13.3. The molecule has 4 nitrogen and oxygen atoms in total. The average molecular weight is 422 g/mol. The molecule has 4 atom stereocenters. The molecule has 4 unspecified atom stereocenters. The summed E-state index contributed by atoms with van der Waals surface area (Å²) in [6.45, 7) is 5.75. The molecule has 0 radical (unpaired) electrons. The van der Waals surface area contributed by atoms with Crippen LogP contribution < -0.4 is 0 Å². The van der Waals surface area contributed by atoms with E-state index in [1.807, 2.05) is 0 Å². The van der Waals surface area contributed by atoms with Gasteiger partial charge in [0.05, 0.1) is 5.41 Å². The van der Waals surface area contributed by atoms with Crippen molar-refractivity contribution in [3.8, 4) is 0 Å². The van der Waals surface area contributed by atoms with Gasteiger partial charge in [-0.2, -0.15) is 26.3 Å². The van der Waals surface area contributed by atoms with Crippen molar-refractivity contribution in [1.82, 2.24) is 0 Å². The molecule has 2 N–H and O–H groups in total. The summed E-state index contributed by atoms with van der Waals surface area (Å²) in [5, 5.41) is 20.0. The third-order valence-corrected chi connectivity index (χ3v) is 6.11. The van der Waals surface area contributed by atoms with Crippen LogP contribution in [-0.4, -0.2) is 45.8 Å². The Morgan fingerprint density at radius 2 is 1.21 bits per heavy atom. The van der Waals surface area contributed by atoms with Crippen LogP contribution in [0.1, 0.15) is 60.3 Å². The van der Waals surface area contributed by atoms with Crippen molar-refractivity contribution in [3.63, 3.8) is 0 Å². The van der Waals surface area contributed by atoms with Crippen molar-refractivity contribution in [2.75, 3.05) is 0 Å². The van der Waals surface area contributed by atoms with Gasteiger partial charge in [-0.1, -0.05) is 6.92 Å². The molecule has 0 aromatic heterocycles. The lowest BCUT2D eigenvalue weighted by molar-refractivity contribution is -0.299. The van der Waals surface area contributed by atoms with E-state index >= 15 is 0 Å². The Labute approximate surface area is 160 Å². The molecule has 0 aromatic carbocycles. The van der Waals surface area contributed by atoms with Gasteiger partial charge in [-0.25, -0.2) is 0 Å². The summed E-state index contributed by atoms with van der Waals surface area (Å²) in [5.41, 5.74) is -7.56. The molecule has 1 fully saturated rings. The van der Waals surface area contributed by atoms with Crippen molar-refractivity contribution in [3.05, 3.63) is 0 Å². The van der Waals surface area contributed by atoms with E-state index in [1.165, 1.54) is 0 Å². The number of hydrogen-bond donors (Lipinski definition) is 2. The second kappa shape index (κ2) is 7.66. The molecule has 1 aliphatic rings. The third-order valence-electron chi connectivity index (χ3n) is 6.11. The van der Waals surface area contributed by atoms with Crippen LogP contribution in [0.5, 0.6) is 0 Å². The van der Waals surface area contributed by atoms with Crippen LogP contribution in [0.4, 0.5) is 26.3 Å². The summed E-state index contributed by atoms with van der Waals surface area (Å²) in [5.74, 6) is -4.11. The minimum Gasteiger partial charge on any atom is -0.462 e. The first kappa shape index (κ1) is 25.0. The number of esters is 1. The highest BCUT2D eigenvalue weighted by Crippen LogP contribution is 2.50. The molecule has 0 aromatic rings. The summed E-state index contributed by atoms with van der Waals surface area (Å²) < 4.78 is 84.8. The normalized spacial score (nSPS) is 29.0. The van der Waals surface area contributed by atoms with Gasteiger partial charge in [0.1, 0.15) is 6.10 Å². The molecule has 0 spiro atoms. The molecule has 10 heteroatoms. The number of carbonyl (C=O) groups excluding carboxylic acids is 1. The van der Waals surface area contributed by atoms with E-state index in [0.29, 0.717) is 20.3 Å². The van der Waals surface area contributed by atoms with Gasteiger partial charge >= 0.3 is 18.3 Å². The van der Waals surface area contributed by atoms with E-state index in [9.17, 15) is 41.4 Å². The predicted molar refractivity (Wildman–Crippen MR) is 88.1 cm³/mol. The molecule has 1 aliphatic carbocycles. The second-order valence-electron chi connectivity index (χ2n) is 8.66. The molecular formula is C18H28F6O4. The molecule has 1 rings (SSSR count). The zero-order chi connectivity index (χ0) is 22.3. The van der Waals surface area contributed by atoms with Crippen LogP contribution in [0.2, 0.25) is 0 Å². The van der Waals surface area contributed by atoms with Gasteiger partial charge in [0.15, 0.2) is 11.2 Å². The van der Waals surface area contributed by atoms with Gasteiger partial charge in [-0.05, 0) is 53.4 Å². The highest BCUT2D eigenvalue weighted by molar-refractivity contribution is 5.76. The number of halogens is 6. The van der Waals surface area contributed by atoms with Gasteiger partial charge in [0.2, 0.25) is 0 Å². The van der Waals surface area contributed by atoms with Crippen molar-refractivity contribution < 1.29 is 46.1 Å². The highest BCUT2D eigenvalue weighted by Gasteiger charge is 2.61. The van der Waals surface area contributed by atoms with Crippen molar-refractivity contribution in [2.24, 2.45) is 17.3 Å². The standard InChI is InChI=1S/C18H28F6O4/c1-6-14(2,3)13(25)28-12-8-10(15(4,26)17(19,20)21)7-11(9-12)16(5,27)18(22,23)24/h10-12,26-27H,6-9H2,1-5H3. The van der Waals surface area contributed by atoms with E-state index in [-0.39, 0.29) is 0 Å². The van der Waals surface area contributed by atoms with E-state index in [4.69, 9.17) is 4.74 Å². The monoisotopic (exact) mass is 422 g/mol. The zero-order valence-electron chi connectivity index (χ0n) is 16.5. The van der Waals surface area contributed by atoms with Gasteiger partial charge in [-0.3, -0.25) is 4.79 Å². The zero-order valence-corrected chi connectivity index (χ0v) is 16.5. The molecule has 28 heavy (non-hydrogen) atoms. The van der Waals surface area contributed by atoms with Gasteiger partial charge in [-0.15, -0.1) is 0 Å². The van der Waals surface area contributed by atoms with Gasteiger partial charge < -0.3 is 14.9 Å². The van der Waals surface area contributed by atoms with Gasteiger partial charge in [0.25, 0.3) is 0 Å². The molecule has 1 saturated carbocycles. The average Bonchev–Trinajstić information content (AvgIpc) is 2.52. The smallest absolute Gasteiger partial charge is 0.417 e. The first-order valence-electron chi connectivity index (χ1n) is 9.06. The maximum absolute atomic E-state index is 13.3. The highest BCUT2D eigenvalue weighted by atomic mass is 19.4. The second-order valence-corrected chi connectivity index (χ2v) is 8.66. The van der Waals surface area contributed by atoms with Crippen LogP contribution in [-0.2, 0) is 9.53 Å². The third kappa shape index (κ3) is 4.93. The number of rotatable bonds is 5. The lowest BCUT2D eigenvalue weighted by Gasteiger charge is -2.46. The Morgan fingerprint density at radius 3 is 1.50 bits per heavy atom. The number of aliphatic hydroxyl groups is 2. The Morgan fingerprint density at radius 1 is 0.857 bits per heavy atom. The Hall–Kier alpha value is -1.03. The van der Waals surface area contributed by atoms with E-state index in [0.717, 1.165) is 0 Å². The first-order chi connectivity index (χ1) is 12.3. The van der Waals surface area contributed by atoms with E-state index < -0.39 is 72.1 Å². The molecule has 0 saturated heterocycles. The van der Waals surface area contributed by atoms with Gasteiger partial charge in [0, 0.05) is 11.8 Å². The van der Waals surface area contributed by atoms with E-state index in [1.54, 1.807) is 20.8 Å².